The van der Waals surface area contributed by atoms with E-state index in [0.29, 0.717) is 22.5 Å². The molecule has 1 aliphatic heterocycles. The summed E-state index contributed by atoms with van der Waals surface area (Å²) < 4.78 is 18.5. The summed E-state index contributed by atoms with van der Waals surface area (Å²) in [7, 11) is 0. The van der Waals surface area contributed by atoms with Crippen molar-refractivity contribution in [2.75, 3.05) is 6.61 Å². The SMILES string of the molecule is Fc1cc2c(cc1Br)N=CCO2. The fraction of sp³-hybridized carbons (Fsp3) is 0.125. The number of benzene rings is 1. The van der Waals surface area contributed by atoms with Gasteiger partial charge in [-0.3, -0.25) is 4.99 Å². The maximum absolute atomic E-state index is 12.9. The van der Waals surface area contributed by atoms with Crippen LogP contribution < -0.4 is 4.74 Å². The van der Waals surface area contributed by atoms with Crippen LogP contribution >= 0.6 is 15.9 Å². The van der Waals surface area contributed by atoms with Gasteiger partial charge in [0.15, 0.2) is 0 Å². The molecule has 0 aromatic heterocycles. The molecule has 1 aliphatic rings. The minimum absolute atomic E-state index is 0.328. The summed E-state index contributed by atoms with van der Waals surface area (Å²) in [4.78, 5) is 4.05. The van der Waals surface area contributed by atoms with Gasteiger partial charge in [-0.2, -0.15) is 0 Å². The Morgan fingerprint density at radius 2 is 2.33 bits per heavy atom. The van der Waals surface area contributed by atoms with E-state index in [1.807, 2.05) is 0 Å². The van der Waals surface area contributed by atoms with E-state index in [1.54, 1.807) is 12.3 Å². The van der Waals surface area contributed by atoms with Crippen molar-refractivity contribution in [2.45, 2.75) is 0 Å². The van der Waals surface area contributed by atoms with Gasteiger partial charge in [0, 0.05) is 12.3 Å². The van der Waals surface area contributed by atoms with Crippen molar-refractivity contribution < 1.29 is 9.13 Å². The lowest BCUT2D eigenvalue weighted by Gasteiger charge is -2.11. The number of nitrogens with zero attached hydrogens (tertiary/aromatic N) is 1. The molecule has 0 spiro atoms. The molecule has 0 atom stereocenters. The average molecular weight is 230 g/mol. The Morgan fingerprint density at radius 1 is 1.50 bits per heavy atom. The van der Waals surface area contributed by atoms with Crippen LogP contribution in [-0.2, 0) is 0 Å². The molecule has 0 saturated heterocycles. The zero-order valence-corrected chi connectivity index (χ0v) is 7.64. The quantitative estimate of drug-likeness (QED) is 0.671. The Hall–Kier alpha value is -0.900. The molecule has 4 heteroatoms. The first kappa shape index (κ1) is 7.73. The third-order valence-corrected chi connectivity index (χ3v) is 2.15. The Labute approximate surface area is 77.2 Å². The van der Waals surface area contributed by atoms with Crippen molar-refractivity contribution in [1.29, 1.82) is 0 Å². The van der Waals surface area contributed by atoms with Crippen LogP contribution in [0.5, 0.6) is 5.75 Å². The van der Waals surface area contributed by atoms with Crippen LogP contribution in [0.15, 0.2) is 21.6 Å². The fourth-order valence-corrected chi connectivity index (χ4v) is 1.33. The van der Waals surface area contributed by atoms with Crippen LogP contribution in [0.3, 0.4) is 0 Å². The average Bonchev–Trinajstić information content (AvgIpc) is 2.07. The predicted molar refractivity (Wildman–Crippen MR) is 47.7 cm³/mol. The topological polar surface area (TPSA) is 21.6 Å². The molecule has 0 saturated carbocycles. The predicted octanol–water partition coefficient (Wildman–Crippen LogP) is 2.68. The second-order valence-electron chi connectivity index (χ2n) is 2.36. The van der Waals surface area contributed by atoms with Crippen LogP contribution in [0.4, 0.5) is 10.1 Å². The molecule has 2 nitrogen and oxygen atoms in total. The van der Waals surface area contributed by atoms with Gasteiger partial charge >= 0.3 is 0 Å². The molecular weight excluding hydrogens is 225 g/mol. The lowest BCUT2D eigenvalue weighted by atomic mass is 10.3. The van der Waals surface area contributed by atoms with Gasteiger partial charge in [0.05, 0.1) is 4.47 Å². The summed E-state index contributed by atoms with van der Waals surface area (Å²) in [5.41, 5.74) is 0.662. The van der Waals surface area contributed by atoms with E-state index >= 15 is 0 Å². The number of aliphatic imine (C=N–C) groups is 1. The van der Waals surface area contributed by atoms with Gasteiger partial charge in [-0.1, -0.05) is 0 Å². The number of halogens is 2. The Kier molecular flexibility index (Phi) is 1.84. The summed E-state index contributed by atoms with van der Waals surface area (Å²) >= 11 is 3.07. The third-order valence-electron chi connectivity index (χ3n) is 1.55. The van der Waals surface area contributed by atoms with Gasteiger partial charge in [0.25, 0.3) is 0 Å². The standard InChI is InChI=1S/C8H5BrFNO/c9-5-3-7-8(4-6(5)10)12-2-1-11-7/h1,3-4H,2H2. The first-order chi connectivity index (χ1) is 5.77. The number of rotatable bonds is 0. The van der Waals surface area contributed by atoms with Crippen LogP contribution in [-0.4, -0.2) is 12.8 Å². The van der Waals surface area contributed by atoms with Gasteiger partial charge in [-0.15, -0.1) is 0 Å². The van der Waals surface area contributed by atoms with Gasteiger partial charge in [0.1, 0.15) is 23.9 Å². The Bertz CT molecular complexity index is 351. The lowest BCUT2D eigenvalue weighted by Crippen LogP contribution is -2.03. The highest BCUT2D eigenvalue weighted by atomic mass is 79.9. The number of hydrogen-bond acceptors (Lipinski definition) is 2. The van der Waals surface area contributed by atoms with E-state index < -0.39 is 0 Å². The fourth-order valence-electron chi connectivity index (χ4n) is 0.997. The van der Waals surface area contributed by atoms with Crippen molar-refractivity contribution in [3.8, 4) is 5.75 Å². The molecule has 62 valence electrons. The summed E-state index contributed by atoms with van der Waals surface area (Å²) in [5, 5.41) is 0. The van der Waals surface area contributed by atoms with Gasteiger partial charge in [-0.05, 0) is 22.0 Å². The van der Waals surface area contributed by atoms with Crippen molar-refractivity contribution in [2.24, 2.45) is 4.99 Å². The van der Waals surface area contributed by atoms with E-state index in [2.05, 4.69) is 20.9 Å². The summed E-state index contributed by atoms with van der Waals surface area (Å²) in [5.74, 6) is 0.170. The zero-order chi connectivity index (χ0) is 8.55. The number of hydrogen-bond donors (Lipinski definition) is 0. The molecule has 1 aromatic rings. The highest BCUT2D eigenvalue weighted by Gasteiger charge is 2.10. The van der Waals surface area contributed by atoms with Crippen molar-refractivity contribution in [3.05, 3.63) is 22.4 Å². The van der Waals surface area contributed by atoms with Gasteiger partial charge in [-0.25, -0.2) is 4.39 Å². The molecule has 1 heterocycles. The van der Waals surface area contributed by atoms with Crippen molar-refractivity contribution >= 4 is 27.8 Å². The summed E-state index contributed by atoms with van der Waals surface area (Å²) in [6, 6.07) is 2.93. The van der Waals surface area contributed by atoms with Crippen LogP contribution in [0, 0.1) is 5.82 Å². The summed E-state index contributed by atoms with van der Waals surface area (Å²) in [6.07, 6.45) is 1.65. The largest absolute Gasteiger partial charge is 0.486 e. The lowest BCUT2D eigenvalue weighted by molar-refractivity contribution is 0.374. The van der Waals surface area contributed by atoms with E-state index in [1.165, 1.54) is 6.07 Å². The second kappa shape index (κ2) is 2.86. The van der Waals surface area contributed by atoms with Crippen LogP contribution in [0.2, 0.25) is 0 Å². The van der Waals surface area contributed by atoms with Gasteiger partial charge < -0.3 is 4.74 Å². The molecule has 0 N–H and O–H groups in total. The van der Waals surface area contributed by atoms with E-state index in [9.17, 15) is 4.39 Å². The summed E-state index contributed by atoms with van der Waals surface area (Å²) in [6.45, 7) is 0.411. The van der Waals surface area contributed by atoms with E-state index in [0.717, 1.165) is 0 Å². The van der Waals surface area contributed by atoms with Crippen LogP contribution in [0.1, 0.15) is 0 Å². The normalized spacial score (nSPS) is 13.8. The minimum Gasteiger partial charge on any atom is -0.486 e. The highest BCUT2D eigenvalue weighted by Crippen LogP contribution is 2.34. The monoisotopic (exact) mass is 229 g/mol. The molecule has 0 fully saturated rings. The smallest absolute Gasteiger partial charge is 0.148 e. The zero-order valence-electron chi connectivity index (χ0n) is 6.05. The molecular formula is C8H5BrFNO. The van der Waals surface area contributed by atoms with Crippen LogP contribution in [0.25, 0.3) is 0 Å². The molecule has 0 radical (unpaired) electrons. The molecule has 0 unspecified atom stereocenters. The molecule has 2 rings (SSSR count). The molecule has 0 amide bonds. The van der Waals surface area contributed by atoms with Crippen molar-refractivity contribution in [1.82, 2.24) is 0 Å². The Morgan fingerprint density at radius 3 is 3.17 bits per heavy atom. The third kappa shape index (κ3) is 1.22. The molecule has 0 aliphatic carbocycles. The number of fused-ring (bicyclic) bond motifs is 1. The van der Waals surface area contributed by atoms with Crippen molar-refractivity contribution in [3.63, 3.8) is 0 Å². The van der Waals surface area contributed by atoms with E-state index in [4.69, 9.17) is 4.74 Å². The first-order valence-corrected chi connectivity index (χ1v) is 4.21. The maximum atomic E-state index is 12.9. The minimum atomic E-state index is -0.328. The van der Waals surface area contributed by atoms with Gasteiger partial charge in [0.2, 0.25) is 0 Å². The second-order valence-corrected chi connectivity index (χ2v) is 3.21. The molecule has 1 aromatic carbocycles. The highest BCUT2D eigenvalue weighted by molar-refractivity contribution is 9.10. The molecule has 12 heavy (non-hydrogen) atoms. The van der Waals surface area contributed by atoms with E-state index in [-0.39, 0.29) is 5.82 Å². The Balaban J connectivity index is 2.58. The molecule has 0 bridgehead atoms. The first-order valence-electron chi connectivity index (χ1n) is 3.42. The maximum Gasteiger partial charge on any atom is 0.148 e. The number of ether oxygens (including phenoxy) is 1.